The van der Waals surface area contributed by atoms with E-state index in [1.807, 2.05) is 18.2 Å². The molecule has 1 atom stereocenters. The van der Waals surface area contributed by atoms with Crippen molar-refractivity contribution < 1.29 is 14.6 Å². The van der Waals surface area contributed by atoms with Crippen LogP contribution < -0.4 is 4.74 Å². The molecule has 1 unspecified atom stereocenters. The van der Waals surface area contributed by atoms with Crippen molar-refractivity contribution in [2.24, 2.45) is 0 Å². The van der Waals surface area contributed by atoms with Gasteiger partial charge in [0.25, 0.3) is 0 Å². The summed E-state index contributed by atoms with van der Waals surface area (Å²) in [4.78, 5) is 15.2. The fourth-order valence-electron chi connectivity index (χ4n) is 2.59. The van der Waals surface area contributed by atoms with Crippen LogP contribution in [0, 0.1) is 0 Å². The average molecular weight is 386 g/mol. The number of benzene rings is 2. The summed E-state index contributed by atoms with van der Waals surface area (Å²) in [5.74, 6) is -0.446. The third-order valence-corrected chi connectivity index (χ3v) is 4.54. The molecule has 0 aliphatic carbocycles. The molecule has 3 rings (SSSR count). The summed E-state index contributed by atoms with van der Waals surface area (Å²) in [7, 11) is 0. The van der Waals surface area contributed by atoms with Gasteiger partial charge in [0, 0.05) is 28.9 Å². The molecule has 122 valence electrons. The van der Waals surface area contributed by atoms with E-state index in [-0.39, 0.29) is 0 Å². The maximum absolute atomic E-state index is 11.0. The second kappa shape index (κ2) is 7.01. The van der Waals surface area contributed by atoms with Gasteiger partial charge in [-0.25, -0.2) is 4.79 Å². The highest BCUT2D eigenvalue weighted by Gasteiger charge is 2.15. The second-order valence-electron chi connectivity index (χ2n) is 5.51. The minimum absolute atomic E-state index is 0.548. The molecule has 4 nitrogen and oxygen atoms in total. The third kappa shape index (κ3) is 3.41. The molecule has 2 aromatic carbocycles. The Balaban J connectivity index is 1.98. The van der Waals surface area contributed by atoms with Crippen LogP contribution in [0.1, 0.15) is 18.1 Å². The van der Waals surface area contributed by atoms with Crippen LogP contribution in [-0.4, -0.2) is 22.2 Å². The van der Waals surface area contributed by atoms with Crippen molar-refractivity contribution in [3.63, 3.8) is 0 Å². The van der Waals surface area contributed by atoms with Crippen LogP contribution in [0.5, 0.6) is 5.75 Å². The van der Waals surface area contributed by atoms with E-state index >= 15 is 0 Å². The zero-order valence-electron chi connectivity index (χ0n) is 13.1. The molecule has 0 aliphatic heterocycles. The van der Waals surface area contributed by atoms with Crippen molar-refractivity contribution in [2.75, 3.05) is 0 Å². The zero-order chi connectivity index (χ0) is 17.1. The summed E-state index contributed by atoms with van der Waals surface area (Å²) < 4.78 is 6.61. The minimum Gasteiger partial charge on any atom is -0.479 e. The molecule has 0 radical (unpaired) electrons. The first-order valence-electron chi connectivity index (χ1n) is 7.54. The van der Waals surface area contributed by atoms with E-state index < -0.39 is 12.1 Å². The fraction of sp³-hybridized carbons (Fsp3) is 0.158. The molecule has 0 bridgehead atoms. The lowest BCUT2D eigenvalue weighted by atomic mass is 9.99. The standard InChI is InChI=1S/C19H16BrNO3/c1-12(19(22)23)24-18-8-9-21-11-14(18)10-13-6-7-17(20)16-5-3-2-4-15(13)16/h2-9,11-12H,10H2,1H3,(H,22,23). The Morgan fingerprint density at radius 1 is 1.17 bits per heavy atom. The van der Waals surface area contributed by atoms with Gasteiger partial charge in [0.15, 0.2) is 6.10 Å². The molecule has 0 spiro atoms. The lowest BCUT2D eigenvalue weighted by molar-refractivity contribution is -0.144. The molecule has 5 heteroatoms. The van der Waals surface area contributed by atoms with Crippen molar-refractivity contribution in [1.29, 1.82) is 0 Å². The van der Waals surface area contributed by atoms with Gasteiger partial charge < -0.3 is 9.84 Å². The van der Waals surface area contributed by atoms with E-state index in [0.717, 1.165) is 26.4 Å². The van der Waals surface area contributed by atoms with Crippen LogP contribution in [0.2, 0.25) is 0 Å². The van der Waals surface area contributed by atoms with Gasteiger partial charge >= 0.3 is 5.97 Å². The second-order valence-corrected chi connectivity index (χ2v) is 6.36. The molecule has 0 fully saturated rings. The van der Waals surface area contributed by atoms with Gasteiger partial charge in [-0.2, -0.15) is 0 Å². The Morgan fingerprint density at radius 2 is 1.92 bits per heavy atom. The van der Waals surface area contributed by atoms with Gasteiger partial charge in [-0.05, 0) is 35.4 Å². The van der Waals surface area contributed by atoms with E-state index in [4.69, 9.17) is 9.84 Å². The molecule has 0 amide bonds. The number of fused-ring (bicyclic) bond motifs is 1. The van der Waals surface area contributed by atoms with Crippen molar-refractivity contribution >= 4 is 32.7 Å². The smallest absolute Gasteiger partial charge is 0.344 e. The lowest BCUT2D eigenvalue weighted by Crippen LogP contribution is -2.23. The van der Waals surface area contributed by atoms with Crippen LogP contribution >= 0.6 is 15.9 Å². The number of carboxylic acid groups (broad SMARTS) is 1. The summed E-state index contributed by atoms with van der Waals surface area (Å²) in [5.41, 5.74) is 1.99. The third-order valence-electron chi connectivity index (χ3n) is 3.85. The summed E-state index contributed by atoms with van der Waals surface area (Å²) >= 11 is 3.58. The number of hydrogen-bond donors (Lipinski definition) is 1. The first kappa shape index (κ1) is 16.5. The molecule has 1 N–H and O–H groups in total. The number of hydrogen-bond acceptors (Lipinski definition) is 3. The monoisotopic (exact) mass is 385 g/mol. The predicted molar refractivity (Wildman–Crippen MR) is 96.4 cm³/mol. The van der Waals surface area contributed by atoms with Gasteiger partial charge in [0.1, 0.15) is 5.75 Å². The van der Waals surface area contributed by atoms with Crippen molar-refractivity contribution in [3.05, 3.63) is 70.5 Å². The van der Waals surface area contributed by atoms with Gasteiger partial charge in [0.2, 0.25) is 0 Å². The van der Waals surface area contributed by atoms with Crippen LogP contribution in [0.3, 0.4) is 0 Å². The lowest BCUT2D eigenvalue weighted by Gasteiger charge is -2.15. The van der Waals surface area contributed by atoms with E-state index in [0.29, 0.717) is 12.2 Å². The minimum atomic E-state index is -0.994. The number of carboxylic acids is 1. The molecule has 1 aromatic heterocycles. The summed E-state index contributed by atoms with van der Waals surface area (Å²) in [5, 5.41) is 11.3. The number of nitrogens with zero attached hydrogens (tertiary/aromatic N) is 1. The first-order valence-corrected chi connectivity index (χ1v) is 8.34. The van der Waals surface area contributed by atoms with Gasteiger partial charge in [0.05, 0.1) is 0 Å². The normalized spacial score (nSPS) is 12.1. The number of aromatic nitrogens is 1. The van der Waals surface area contributed by atoms with Crippen molar-refractivity contribution in [1.82, 2.24) is 4.98 Å². The molecular formula is C19H16BrNO3. The van der Waals surface area contributed by atoms with Crippen LogP contribution in [0.4, 0.5) is 0 Å². The summed E-state index contributed by atoms with van der Waals surface area (Å²) in [6.45, 7) is 1.52. The van der Waals surface area contributed by atoms with E-state index in [1.165, 1.54) is 6.92 Å². The Hall–Kier alpha value is -2.40. The van der Waals surface area contributed by atoms with Crippen LogP contribution in [0.15, 0.2) is 59.3 Å². The van der Waals surface area contributed by atoms with Crippen molar-refractivity contribution in [2.45, 2.75) is 19.4 Å². The largest absolute Gasteiger partial charge is 0.479 e. The highest BCUT2D eigenvalue weighted by atomic mass is 79.9. The molecule has 0 saturated heterocycles. The fourth-order valence-corrected chi connectivity index (χ4v) is 3.06. The Bertz CT molecular complexity index is 895. The molecular weight excluding hydrogens is 370 g/mol. The topological polar surface area (TPSA) is 59.4 Å². The predicted octanol–water partition coefficient (Wildman–Crippen LogP) is 4.44. The first-order chi connectivity index (χ1) is 11.6. The summed E-state index contributed by atoms with van der Waals surface area (Å²) in [6.07, 6.45) is 3.03. The molecule has 1 heterocycles. The number of carbonyl (C=O) groups is 1. The van der Waals surface area contributed by atoms with E-state index in [2.05, 4.69) is 39.1 Å². The van der Waals surface area contributed by atoms with Crippen molar-refractivity contribution in [3.8, 4) is 5.75 Å². The number of pyridine rings is 1. The quantitative estimate of drug-likeness (QED) is 0.704. The van der Waals surface area contributed by atoms with Gasteiger partial charge in [-0.3, -0.25) is 4.98 Å². The molecule has 3 aromatic rings. The maximum Gasteiger partial charge on any atom is 0.344 e. The Labute approximate surface area is 148 Å². The van der Waals surface area contributed by atoms with Gasteiger partial charge in [-0.15, -0.1) is 0 Å². The Morgan fingerprint density at radius 3 is 2.67 bits per heavy atom. The number of rotatable bonds is 5. The summed E-state index contributed by atoms with van der Waals surface area (Å²) in [6, 6.07) is 13.9. The van der Waals surface area contributed by atoms with E-state index in [9.17, 15) is 4.79 Å². The average Bonchev–Trinajstić information content (AvgIpc) is 2.59. The zero-order valence-corrected chi connectivity index (χ0v) is 14.7. The number of ether oxygens (including phenoxy) is 1. The van der Waals surface area contributed by atoms with Crippen LogP contribution in [0.25, 0.3) is 10.8 Å². The number of halogens is 1. The van der Waals surface area contributed by atoms with E-state index in [1.54, 1.807) is 18.5 Å². The van der Waals surface area contributed by atoms with Gasteiger partial charge in [-0.1, -0.05) is 46.3 Å². The molecule has 0 saturated carbocycles. The van der Waals surface area contributed by atoms with Crippen LogP contribution in [-0.2, 0) is 11.2 Å². The highest BCUT2D eigenvalue weighted by Crippen LogP contribution is 2.30. The Kier molecular flexibility index (Phi) is 4.81. The maximum atomic E-state index is 11.0. The molecule has 24 heavy (non-hydrogen) atoms. The molecule has 0 aliphatic rings. The number of aliphatic carboxylic acids is 1. The SMILES string of the molecule is CC(Oc1ccncc1Cc1ccc(Br)c2ccccc12)C(=O)O. The highest BCUT2D eigenvalue weighted by molar-refractivity contribution is 9.10.